The van der Waals surface area contributed by atoms with E-state index < -0.39 is 17.5 Å². The topological polar surface area (TPSA) is 74.8 Å². The fraction of sp³-hybridized carbons (Fsp3) is 0.150. The summed E-state index contributed by atoms with van der Waals surface area (Å²) in [5, 5.41) is 2.51. The van der Waals surface area contributed by atoms with Crippen molar-refractivity contribution in [1.29, 1.82) is 0 Å². The molecule has 1 aromatic carbocycles. The molecule has 0 atom stereocenters. The number of carbonyl (C=O) groups is 2. The molecule has 0 fully saturated rings. The van der Waals surface area contributed by atoms with Crippen LogP contribution in [0.1, 0.15) is 45.3 Å². The monoisotopic (exact) mass is 419 g/mol. The molecule has 8 heteroatoms. The van der Waals surface area contributed by atoms with Crippen LogP contribution in [0.5, 0.6) is 0 Å². The van der Waals surface area contributed by atoms with Crippen LogP contribution in [-0.2, 0) is 6.42 Å². The minimum absolute atomic E-state index is 0.0568. The van der Waals surface area contributed by atoms with Crippen LogP contribution in [-0.4, -0.2) is 21.7 Å². The highest BCUT2D eigenvalue weighted by molar-refractivity contribution is 6.37. The van der Waals surface area contributed by atoms with E-state index in [1.807, 2.05) is 13.0 Å². The number of nitrogens with zero attached hydrogens (tertiary/aromatic N) is 1. The number of halogens is 3. The third kappa shape index (κ3) is 4.08. The molecular formula is C20H16Cl2FN3O2. The molecule has 0 aliphatic carbocycles. The number of carbonyl (C=O) groups excluding carboxylic acids is 2. The van der Waals surface area contributed by atoms with Gasteiger partial charge in [0.1, 0.15) is 5.69 Å². The number of aromatic amines is 1. The van der Waals surface area contributed by atoms with Crippen LogP contribution in [0.4, 0.5) is 10.1 Å². The lowest BCUT2D eigenvalue weighted by molar-refractivity contribution is 0.102. The van der Waals surface area contributed by atoms with Gasteiger partial charge in [-0.15, -0.1) is 0 Å². The zero-order valence-electron chi connectivity index (χ0n) is 14.9. The molecule has 2 heterocycles. The van der Waals surface area contributed by atoms with E-state index in [1.54, 1.807) is 12.4 Å². The Kier molecular flexibility index (Phi) is 6.11. The standard InChI is InChI=1S/C20H16Cl2FN3O2/c1-2-3-11-6-7-24-10-16(11)26-20(28)15-8-12(9-25-15)19(27)17-13(21)4-5-14(22)18(17)23/h4-10,25H,2-3H2,1H3,(H,26,28). The fourth-order valence-electron chi connectivity index (χ4n) is 2.75. The SMILES string of the molecule is CCCc1ccncc1NC(=O)c1cc(C(=O)c2c(Cl)ccc(Cl)c2F)c[nH]1. The molecule has 1 amide bonds. The number of H-pyrrole nitrogens is 1. The number of rotatable bonds is 6. The lowest BCUT2D eigenvalue weighted by atomic mass is 10.0. The second kappa shape index (κ2) is 8.54. The molecule has 2 N–H and O–H groups in total. The summed E-state index contributed by atoms with van der Waals surface area (Å²) in [4.78, 5) is 31.9. The van der Waals surface area contributed by atoms with Gasteiger partial charge in [0.25, 0.3) is 5.91 Å². The molecule has 28 heavy (non-hydrogen) atoms. The summed E-state index contributed by atoms with van der Waals surface area (Å²) in [5.74, 6) is -2.01. The number of ketones is 1. The molecule has 0 aliphatic rings. The highest BCUT2D eigenvalue weighted by Gasteiger charge is 2.22. The second-order valence-electron chi connectivity index (χ2n) is 6.09. The average molecular weight is 420 g/mol. The summed E-state index contributed by atoms with van der Waals surface area (Å²) in [6.07, 6.45) is 6.26. The first kappa shape index (κ1) is 20.0. The predicted octanol–water partition coefficient (Wildman–Crippen LogP) is 5.29. The van der Waals surface area contributed by atoms with Crippen LogP contribution in [0, 0.1) is 5.82 Å². The maximum absolute atomic E-state index is 14.2. The van der Waals surface area contributed by atoms with Crippen LogP contribution in [0.15, 0.2) is 42.9 Å². The summed E-state index contributed by atoms with van der Waals surface area (Å²) in [6.45, 7) is 2.04. The Morgan fingerprint density at radius 2 is 1.96 bits per heavy atom. The van der Waals surface area contributed by atoms with E-state index >= 15 is 0 Å². The molecule has 144 valence electrons. The molecule has 0 bridgehead atoms. The van der Waals surface area contributed by atoms with E-state index in [-0.39, 0.29) is 26.9 Å². The number of hydrogen-bond acceptors (Lipinski definition) is 3. The van der Waals surface area contributed by atoms with Crippen molar-refractivity contribution < 1.29 is 14.0 Å². The smallest absolute Gasteiger partial charge is 0.272 e. The minimum Gasteiger partial charge on any atom is -0.356 e. The minimum atomic E-state index is -0.897. The summed E-state index contributed by atoms with van der Waals surface area (Å²) in [7, 11) is 0. The normalized spacial score (nSPS) is 10.7. The van der Waals surface area contributed by atoms with Gasteiger partial charge < -0.3 is 10.3 Å². The van der Waals surface area contributed by atoms with Gasteiger partial charge in [-0.25, -0.2) is 4.39 Å². The molecule has 0 saturated carbocycles. The molecule has 2 aromatic heterocycles. The molecular weight excluding hydrogens is 404 g/mol. The number of benzene rings is 1. The molecule has 0 radical (unpaired) electrons. The number of amides is 1. The van der Waals surface area contributed by atoms with Crippen molar-refractivity contribution in [3.63, 3.8) is 0 Å². The van der Waals surface area contributed by atoms with Gasteiger partial charge in [-0.1, -0.05) is 36.5 Å². The predicted molar refractivity (Wildman–Crippen MR) is 107 cm³/mol. The van der Waals surface area contributed by atoms with Crippen LogP contribution in [0.3, 0.4) is 0 Å². The first-order valence-corrected chi connectivity index (χ1v) is 9.28. The van der Waals surface area contributed by atoms with Gasteiger partial charge >= 0.3 is 0 Å². The van der Waals surface area contributed by atoms with Gasteiger partial charge in [-0.3, -0.25) is 14.6 Å². The van der Waals surface area contributed by atoms with Crippen LogP contribution < -0.4 is 5.32 Å². The zero-order valence-corrected chi connectivity index (χ0v) is 16.4. The number of aryl methyl sites for hydroxylation is 1. The molecule has 0 unspecified atom stereocenters. The lowest BCUT2D eigenvalue weighted by Crippen LogP contribution is -2.14. The van der Waals surface area contributed by atoms with E-state index in [4.69, 9.17) is 23.2 Å². The van der Waals surface area contributed by atoms with E-state index in [9.17, 15) is 14.0 Å². The van der Waals surface area contributed by atoms with Gasteiger partial charge in [0, 0.05) is 18.0 Å². The molecule has 3 aromatic rings. The summed E-state index contributed by atoms with van der Waals surface area (Å²) in [5.41, 5.74) is 1.46. The lowest BCUT2D eigenvalue weighted by Gasteiger charge is -2.08. The molecule has 0 spiro atoms. The van der Waals surface area contributed by atoms with Crippen molar-refractivity contribution in [1.82, 2.24) is 9.97 Å². The van der Waals surface area contributed by atoms with Gasteiger partial charge in [0.05, 0.1) is 27.5 Å². The first-order chi connectivity index (χ1) is 13.4. The fourth-order valence-corrected chi connectivity index (χ4v) is 3.14. The second-order valence-corrected chi connectivity index (χ2v) is 6.90. The quantitative estimate of drug-likeness (QED) is 0.420. The number of anilines is 1. The Morgan fingerprint density at radius 3 is 2.71 bits per heavy atom. The van der Waals surface area contributed by atoms with Crippen LogP contribution in [0.2, 0.25) is 10.0 Å². The maximum Gasteiger partial charge on any atom is 0.272 e. The van der Waals surface area contributed by atoms with E-state index in [2.05, 4.69) is 15.3 Å². The molecule has 5 nitrogen and oxygen atoms in total. The largest absolute Gasteiger partial charge is 0.356 e. The Hall–Kier alpha value is -2.70. The summed E-state index contributed by atoms with van der Waals surface area (Å²) >= 11 is 11.7. The third-order valence-electron chi connectivity index (χ3n) is 4.14. The number of nitrogens with one attached hydrogen (secondary N) is 2. The van der Waals surface area contributed by atoms with Gasteiger partial charge in [-0.05, 0) is 36.2 Å². The van der Waals surface area contributed by atoms with E-state index in [0.717, 1.165) is 18.4 Å². The van der Waals surface area contributed by atoms with Gasteiger partial charge in [-0.2, -0.15) is 0 Å². The van der Waals surface area contributed by atoms with E-state index in [1.165, 1.54) is 24.4 Å². The maximum atomic E-state index is 14.2. The molecule has 3 rings (SSSR count). The van der Waals surface area contributed by atoms with Gasteiger partial charge in [0.2, 0.25) is 0 Å². The van der Waals surface area contributed by atoms with Crippen molar-refractivity contribution in [3.05, 3.63) is 81.1 Å². The van der Waals surface area contributed by atoms with Crippen molar-refractivity contribution in [2.24, 2.45) is 0 Å². The average Bonchev–Trinajstić information content (AvgIpc) is 3.17. The van der Waals surface area contributed by atoms with Crippen LogP contribution >= 0.6 is 23.2 Å². The third-order valence-corrected chi connectivity index (χ3v) is 4.75. The Balaban J connectivity index is 1.84. The summed E-state index contributed by atoms with van der Waals surface area (Å²) < 4.78 is 14.2. The van der Waals surface area contributed by atoms with Crippen molar-refractivity contribution in [2.75, 3.05) is 5.32 Å². The summed E-state index contributed by atoms with van der Waals surface area (Å²) in [6, 6.07) is 5.79. The Bertz CT molecular complexity index is 1050. The van der Waals surface area contributed by atoms with E-state index in [0.29, 0.717) is 5.69 Å². The molecule has 0 aliphatic heterocycles. The van der Waals surface area contributed by atoms with Crippen molar-refractivity contribution in [2.45, 2.75) is 19.8 Å². The highest BCUT2D eigenvalue weighted by atomic mass is 35.5. The number of pyridine rings is 1. The Labute approximate surface area is 170 Å². The Morgan fingerprint density at radius 1 is 1.21 bits per heavy atom. The first-order valence-electron chi connectivity index (χ1n) is 8.53. The van der Waals surface area contributed by atoms with Crippen molar-refractivity contribution >= 4 is 40.6 Å². The zero-order chi connectivity index (χ0) is 20.3. The number of aromatic nitrogens is 2. The number of hydrogen-bond donors (Lipinski definition) is 2. The van der Waals surface area contributed by atoms with Gasteiger partial charge in [0.15, 0.2) is 11.6 Å². The van der Waals surface area contributed by atoms with Crippen LogP contribution in [0.25, 0.3) is 0 Å². The van der Waals surface area contributed by atoms with Crippen molar-refractivity contribution in [3.8, 4) is 0 Å². The highest BCUT2D eigenvalue weighted by Crippen LogP contribution is 2.28. The molecule has 0 saturated heterocycles.